The summed E-state index contributed by atoms with van der Waals surface area (Å²) in [6.45, 7) is 3.43. The van der Waals surface area contributed by atoms with Crippen molar-refractivity contribution in [2.45, 2.75) is 19.1 Å². The topological polar surface area (TPSA) is 42.9 Å². The third kappa shape index (κ3) is 2.58. The summed E-state index contributed by atoms with van der Waals surface area (Å²) in [4.78, 5) is 20.0. The molecule has 1 saturated heterocycles. The van der Waals surface area contributed by atoms with Gasteiger partial charge in [0.1, 0.15) is 5.82 Å². The fourth-order valence-corrected chi connectivity index (χ4v) is 4.23. The van der Waals surface area contributed by atoms with Crippen molar-refractivity contribution in [1.82, 2.24) is 9.97 Å². The molecule has 0 spiro atoms. The number of Topliss-reactive ketones (excluding diaryl/α,β-unsaturated/α-hetero) is 1. The van der Waals surface area contributed by atoms with Crippen LogP contribution in [0, 0.1) is 6.92 Å². The number of aromatic nitrogens is 2. The molecular weight excluding hydrogens is 240 g/mol. The van der Waals surface area contributed by atoms with E-state index in [1.807, 2.05) is 30.4 Å². The zero-order chi connectivity index (χ0) is 11.5. The lowest BCUT2D eigenvalue weighted by Crippen LogP contribution is -2.12. The van der Waals surface area contributed by atoms with Gasteiger partial charge in [-0.15, -0.1) is 11.8 Å². The van der Waals surface area contributed by atoms with Crippen LogP contribution in [-0.2, 0) is 0 Å². The number of nitrogens with zero attached hydrogens (tertiary/aromatic N) is 2. The average Bonchev–Trinajstić information content (AvgIpc) is 2.29. The summed E-state index contributed by atoms with van der Waals surface area (Å²) in [6.07, 6.45) is 1.67. The SMILES string of the molecule is CC(=O)c1cnc(C2CSCCS2)nc1C. The van der Waals surface area contributed by atoms with Crippen LogP contribution in [-0.4, -0.2) is 33.0 Å². The average molecular weight is 254 g/mol. The Balaban J connectivity index is 2.23. The van der Waals surface area contributed by atoms with Gasteiger partial charge in [0.25, 0.3) is 0 Å². The maximum atomic E-state index is 11.3. The molecule has 1 aromatic heterocycles. The first kappa shape index (κ1) is 11.9. The van der Waals surface area contributed by atoms with E-state index >= 15 is 0 Å². The standard InChI is InChI=1S/C11H14N2OS2/c1-7-9(8(2)14)5-12-11(13-7)10-6-15-3-4-16-10/h5,10H,3-4,6H2,1-2H3. The van der Waals surface area contributed by atoms with Crippen molar-refractivity contribution in [3.05, 3.63) is 23.3 Å². The van der Waals surface area contributed by atoms with E-state index in [1.165, 1.54) is 5.75 Å². The molecular formula is C11H14N2OS2. The van der Waals surface area contributed by atoms with E-state index in [-0.39, 0.29) is 5.78 Å². The molecule has 2 rings (SSSR count). The molecule has 1 fully saturated rings. The minimum atomic E-state index is 0.0368. The van der Waals surface area contributed by atoms with Crippen molar-refractivity contribution in [1.29, 1.82) is 0 Å². The van der Waals surface area contributed by atoms with Crippen molar-refractivity contribution >= 4 is 29.3 Å². The fourth-order valence-electron chi connectivity index (χ4n) is 1.62. The Kier molecular flexibility index (Phi) is 3.86. The predicted molar refractivity (Wildman–Crippen MR) is 69.3 cm³/mol. The van der Waals surface area contributed by atoms with Crippen molar-refractivity contribution in [3.63, 3.8) is 0 Å². The maximum absolute atomic E-state index is 11.3. The van der Waals surface area contributed by atoms with Crippen LogP contribution in [0.2, 0.25) is 0 Å². The second kappa shape index (κ2) is 5.19. The number of carbonyl (C=O) groups excluding carboxylic acids is 1. The minimum Gasteiger partial charge on any atom is -0.294 e. The Morgan fingerprint density at radius 1 is 1.50 bits per heavy atom. The Morgan fingerprint density at radius 2 is 2.31 bits per heavy atom. The molecule has 1 aliphatic heterocycles. The van der Waals surface area contributed by atoms with E-state index in [4.69, 9.17) is 0 Å². The summed E-state index contributed by atoms with van der Waals surface area (Å²) >= 11 is 3.85. The molecule has 0 radical (unpaired) electrons. The highest BCUT2D eigenvalue weighted by Crippen LogP contribution is 2.34. The fraction of sp³-hybridized carbons (Fsp3) is 0.545. The Morgan fingerprint density at radius 3 is 2.88 bits per heavy atom. The first-order chi connectivity index (χ1) is 7.68. The summed E-state index contributed by atoms with van der Waals surface area (Å²) in [6, 6.07) is 0. The largest absolute Gasteiger partial charge is 0.294 e. The number of hydrogen-bond acceptors (Lipinski definition) is 5. The van der Waals surface area contributed by atoms with Gasteiger partial charge in [-0.1, -0.05) is 0 Å². The Bertz CT molecular complexity index is 403. The van der Waals surface area contributed by atoms with Gasteiger partial charge in [0.05, 0.1) is 16.5 Å². The van der Waals surface area contributed by atoms with E-state index in [9.17, 15) is 4.79 Å². The Hall–Kier alpha value is -0.550. The molecule has 3 nitrogen and oxygen atoms in total. The summed E-state index contributed by atoms with van der Waals surface area (Å²) in [5, 5.41) is 0.387. The predicted octanol–water partition coefficient (Wildman–Crippen LogP) is 2.51. The monoisotopic (exact) mass is 254 g/mol. The first-order valence-corrected chi connectivity index (χ1v) is 7.42. The molecule has 16 heavy (non-hydrogen) atoms. The summed E-state index contributed by atoms with van der Waals surface area (Å²) in [5.41, 5.74) is 1.44. The molecule has 0 N–H and O–H groups in total. The minimum absolute atomic E-state index is 0.0368. The van der Waals surface area contributed by atoms with Gasteiger partial charge >= 0.3 is 0 Å². The molecule has 0 saturated carbocycles. The first-order valence-electron chi connectivity index (χ1n) is 5.22. The van der Waals surface area contributed by atoms with Gasteiger partial charge in [0.2, 0.25) is 0 Å². The zero-order valence-electron chi connectivity index (χ0n) is 9.40. The summed E-state index contributed by atoms with van der Waals surface area (Å²) in [5.74, 6) is 4.36. The number of rotatable bonds is 2. The van der Waals surface area contributed by atoms with Gasteiger partial charge in [-0.2, -0.15) is 11.8 Å². The third-order valence-corrected chi connectivity index (χ3v) is 5.23. The van der Waals surface area contributed by atoms with Crippen molar-refractivity contribution in [3.8, 4) is 0 Å². The number of hydrogen-bond donors (Lipinski definition) is 0. The maximum Gasteiger partial charge on any atom is 0.163 e. The number of aryl methyl sites for hydroxylation is 1. The Labute approximate surface area is 104 Å². The van der Waals surface area contributed by atoms with E-state index in [0.717, 1.165) is 23.0 Å². The third-order valence-electron chi connectivity index (χ3n) is 2.48. The normalized spacial score (nSPS) is 20.8. The van der Waals surface area contributed by atoms with E-state index in [1.54, 1.807) is 13.1 Å². The molecule has 0 aromatic carbocycles. The van der Waals surface area contributed by atoms with Crippen LogP contribution >= 0.6 is 23.5 Å². The number of thioether (sulfide) groups is 2. The van der Waals surface area contributed by atoms with E-state index in [2.05, 4.69) is 9.97 Å². The van der Waals surface area contributed by atoms with Crippen molar-refractivity contribution < 1.29 is 4.79 Å². The molecule has 86 valence electrons. The smallest absolute Gasteiger partial charge is 0.163 e. The van der Waals surface area contributed by atoms with Gasteiger partial charge in [0.15, 0.2) is 5.78 Å². The van der Waals surface area contributed by atoms with Gasteiger partial charge < -0.3 is 0 Å². The zero-order valence-corrected chi connectivity index (χ0v) is 11.0. The van der Waals surface area contributed by atoms with Crippen LogP contribution < -0.4 is 0 Å². The van der Waals surface area contributed by atoms with Crippen LogP contribution in [0.4, 0.5) is 0 Å². The van der Waals surface area contributed by atoms with Crippen LogP contribution in [0.5, 0.6) is 0 Å². The lowest BCUT2D eigenvalue weighted by Gasteiger charge is -2.19. The molecule has 0 amide bonds. The quantitative estimate of drug-likeness (QED) is 0.759. The molecule has 0 bridgehead atoms. The lowest BCUT2D eigenvalue weighted by molar-refractivity contribution is 0.101. The van der Waals surface area contributed by atoms with E-state index < -0.39 is 0 Å². The van der Waals surface area contributed by atoms with Crippen LogP contribution in [0.25, 0.3) is 0 Å². The van der Waals surface area contributed by atoms with Crippen LogP contribution in [0.1, 0.15) is 34.0 Å². The van der Waals surface area contributed by atoms with E-state index in [0.29, 0.717) is 10.8 Å². The van der Waals surface area contributed by atoms with Gasteiger partial charge in [0, 0.05) is 23.5 Å². The van der Waals surface area contributed by atoms with Gasteiger partial charge in [-0.3, -0.25) is 4.79 Å². The summed E-state index contributed by atoms with van der Waals surface area (Å²) in [7, 11) is 0. The van der Waals surface area contributed by atoms with Crippen LogP contribution in [0.3, 0.4) is 0 Å². The number of ketones is 1. The molecule has 0 aliphatic carbocycles. The van der Waals surface area contributed by atoms with Gasteiger partial charge in [-0.05, 0) is 13.8 Å². The summed E-state index contributed by atoms with van der Waals surface area (Å²) < 4.78 is 0. The van der Waals surface area contributed by atoms with Crippen molar-refractivity contribution in [2.75, 3.05) is 17.3 Å². The lowest BCUT2D eigenvalue weighted by atomic mass is 10.2. The van der Waals surface area contributed by atoms with Crippen LogP contribution in [0.15, 0.2) is 6.20 Å². The highest BCUT2D eigenvalue weighted by atomic mass is 32.2. The molecule has 2 heterocycles. The second-order valence-corrected chi connectivity index (χ2v) is 6.18. The molecule has 1 aliphatic rings. The molecule has 1 unspecified atom stereocenters. The molecule has 1 atom stereocenters. The number of carbonyl (C=O) groups is 1. The highest BCUT2D eigenvalue weighted by Gasteiger charge is 2.20. The van der Waals surface area contributed by atoms with Crippen molar-refractivity contribution in [2.24, 2.45) is 0 Å². The molecule has 5 heteroatoms. The highest BCUT2D eigenvalue weighted by molar-refractivity contribution is 8.06. The van der Waals surface area contributed by atoms with Gasteiger partial charge in [-0.25, -0.2) is 9.97 Å². The second-order valence-electron chi connectivity index (χ2n) is 3.72. The molecule has 1 aromatic rings.